The molecule has 0 bridgehead atoms. The zero-order valence-corrected chi connectivity index (χ0v) is 8.28. The number of carbonyl (C=O) groups excluding carboxylic acids is 2. The predicted molar refractivity (Wildman–Crippen MR) is 53.6 cm³/mol. The second kappa shape index (κ2) is 2.77. The summed E-state index contributed by atoms with van der Waals surface area (Å²) < 4.78 is 0. The van der Waals surface area contributed by atoms with Crippen LogP contribution in [0.5, 0.6) is 0 Å². The Hall–Kier alpha value is -1.44. The zero-order valence-electron chi connectivity index (χ0n) is 8.28. The molecule has 0 amide bonds. The number of ketones is 2. The second-order valence-corrected chi connectivity index (χ2v) is 4.08. The molecule has 2 aliphatic rings. The minimum absolute atomic E-state index is 0.00340. The van der Waals surface area contributed by atoms with Crippen molar-refractivity contribution in [2.75, 3.05) is 0 Å². The van der Waals surface area contributed by atoms with Gasteiger partial charge in [-0.1, -0.05) is 26.0 Å². The first kappa shape index (κ1) is 9.13. The van der Waals surface area contributed by atoms with Gasteiger partial charge in [-0.15, -0.1) is 0 Å². The van der Waals surface area contributed by atoms with Crippen LogP contribution < -0.4 is 0 Å². The summed E-state index contributed by atoms with van der Waals surface area (Å²) >= 11 is 0. The van der Waals surface area contributed by atoms with Crippen LogP contribution in [0.1, 0.15) is 13.8 Å². The lowest BCUT2D eigenvalue weighted by Crippen LogP contribution is -2.35. The van der Waals surface area contributed by atoms with E-state index in [1.54, 1.807) is 24.3 Å². The summed E-state index contributed by atoms with van der Waals surface area (Å²) in [5.74, 6) is 0.0513. The molecule has 2 atom stereocenters. The second-order valence-electron chi connectivity index (χ2n) is 4.08. The molecule has 0 unspecified atom stereocenters. The minimum Gasteiger partial charge on any atom is -0.295 e. The summed E-state index contributed by atoms with van der Waals surface area (Å²) in [6.45, 7) is 3.90. The third-order valence-corrected chi connectivity index (χ3v) is 3.27. The molecule has 0 heterocycles. The number of allylic oxidation sites excluding steroid dienone is 6. The molecule has 0 saturated heterocycles. The van der Waals surface area contributed by atoms with E-state index in [0.29, 0.717) is 0 Å². The normalized spacial score (nSPS) is 35.6. The smallest absolute Gasteiger partial charge is 0.178 e. The third kappa shape index (κ3) is 1.10. The average molecular weight is 188 g/mol. The summed E-state index contributed by atoms with van der Waals surface area (Å²) in [6.07, 6.45) is 8.32. The maximum Gasteiger partial charge on any atom is 0.178 e. The van der Waals surface area contributed by atoms with Gasteiger partial charge in [-0.2, -0.15) is 0 Å². The van der Waals surface area contributed by atoms with Crippen LogP contribution in [-0.2, 0) is 9.59 Å². The van der Waals surface area contributed by atoms with Gasteiger partial charge in [-0.05, 0) is 23.8 Å². The Morgan fingerprint density at radius 2 is 1.93 bits per heavy atom. The highest BCUT2D eigenvalue weighted by Gasteiger charge is 2.39. The van der Waals surface area contributed by atoms with Crippen LogP contribution in [0.15, 0.2) is 36.0 Å². The van der Waals surface area contributed by atoms with Crippen molar-refractivity contribution in [3.63, 3.8) is 0 Å². The van der Waals surface area contributed by atoms with Crippen LogP contribution in [-0.4, -0.2) is 11.6 Å². The molecule has 0 saturated carbocycles. The molecule has 2 aliphatic carbocycles. The van der Waals surface area contributed by atoms with Gasteiger partial charge in [-0.3, -0.25) is 9.59 Å². The molecule has 0 aliphatic heterocycles. The quantitative estimate of drug-likeness (QED) is 0.581. The van der Waals surface area contributed by atoms with E-state index in [1.807, 2.05) is 19.9 Å². The summed E-state index contributed by atoms with van der Waals surface area (Å²) in [5, 5.41) is 0. The van der Waals surface area contributed by atoms with Gasteiger partial charge in [0.05, 0.1) is 0 Å². The molecule has 0 aromatic heterocycles. The zero-order chi connectivity index (χ0) is 10.3. The Morgan fingerprint density at radius 1 is 1.21 bits per heavy atom. The molecular weight excluding hydrogens is 176 g/mol. The number of hydrogen-bond acceptors (Lipinski definition) is 2. The lowest BCUT2D eigenvalue weighted by atomic mass is 9.65. The Bertz CT molecular complexity index is 399. The van der Waals surface area contributed by atoms with Gasteiger partial charge in [0.25, 0.3) is 0 Å². The molecule has 0 aromatic rings. The summed E-state index contributed by atoms with van der Waals surface area (Å²) in [4.78, 5) is 22.7. The number of rotatable bonds is 0. The summed E-state index contributed by atoms with van der Waals surface area (Å²) in [6, 6.07) is 0. The van der Waals surface area contributed by atoms with Crippen LogP contribution in [0.4, 0.5) is 0 Å². The fourth-order valence-corrected chi connectivity index (χ4v) is 1.94. The van der Waals surface area contributed by atoms with E-state index in [9.17, 15) is 9.59 Å². The van der Waals surface area contributed by atoms with Crippen molar-refractivity contribution >= 4 is 11.6 Å². The Labute approximate surface area is 83.0 Å². The monoisotopic (exact) mass is 188 g/mol. The maximum absolute atomic E-state index is 11.5. The van der Waals surface area contributed by atoms with Gasteiger partial charge in [0, 0.05) is 11.3 Å². The Kier molecular flexibility index (Phi) is 1.81. The van der Waals surface area contributed by atoms with Gasteiger partial charge in [0.2, 0.25) is 0 Å². The summed E-state index contributed by atoms with van der Waals surface area (Å²) in [7, 11) is 0. The van der Waals surface area contributed by atoms with Gasteiger partial charge < -0.3 is 0 Å². The third-order valence-electron chi connectivity index (χ3n) is 3.27. The standard InChI is InChI=1S/C12H12O2/c1-8-11(14)4-3-9-7-10(13)5-6-12(8,9)2/h3-8H,1-2H3/t8-,12+/m0/s1. The Balaban J connectivity index is 2.55. The molecule has 0 fully saturated rings. The molecule has 0 radical (unpaired) electrons. The van der Waals surface area contributed by atoms with E-state index < -0.39 is 0 Å². The maximum atomic E-state index is 11.5. The van der Waals surface area contributed by atoms with E-state index in [1.165, 1.54) is 0 Å². The van der Waals surface area contributed by atoms with E-state index in [2.05, 4.69) is 0 Å². The highest BCUT2D eigenvalue weighted by Crippen LogP contribution is 2.42. The van der Waals surface area contributed by atoms with Gasteiger partial charge in [-0.25, -0.2) is 0 Å². The lowest BCUT2D eigenvalue weighted by Gasteiger charge is -2.37. The van der Waals surface area contributed by atoms with Crippen LogP contribution >= 0.6 is 0 Å². The van der Waals surface area contributed by atoms with Crippen molar-refractivity contribution < 1.29 is 9.59 Å². The van der Waals surface area contributed by atoms with Crippen molar-refractivity contribution in [1.82, 2.24) is 0 Å². The minimum atomic E-state index is -0.292. The van der Waals surface area contributed by atoms with E-state index >= 15 is 0 Å². The van der Waals surface area contributed by atoms with Crippen LogP contribution in [0.3, 0.4) is 0 Å². The fourth-order valence-electron chi connectivity index (χ4n) is 1.94. The van der Waals surface area contributed by atoms with Gasteiger partial charge in [0.1, 0.15) is 0 Å². The van der Waals surface area contributed by atoms with E-state index in [0.717, 1.165) is 5.57 Å². The highest BCUT2D eigenvalue weighted by molar-refractivity contribution is 6.03. The Morgan fingerprint density at radius 3 is 2.64 bits per heavy atom. The molecule has 72 valence electrons. The summed E-state index contributed by atoms with van der Waals surface area (Å²) in [5.41, 5.74) is 0.650. The molecule has 0 N–H and O–H groups in total. The number of carbonyl (C=O) groups is 2. The van der Waals surface area contributed by atoms with Gasteiger partial charge in [0.15, 0.2) is 11.6 Å². The molecule has 14 heavy (non-hydrogen) atoms. The van der Waals surface area contributed by atoms with Crippen LogP contribution in [0.2, 0.25) is 0 Å². The van der Waals surface area contributed by atoms with Gasteiger partial charge >= 0.3 is 0 Å². The molecule has 2 nitrogen and oxygen atoms in total. The van der Waals surface area contributed by atoms with Crippen molar-refractivity contribution in [2.24, 2.45) is 11.3 Å². The molecule has 2 rings (SSSR count). The predicted octanol–water partition coefficient (Wildman–Crippen LogP) is 1.83. The average Bonchev–Trinajstić information content (AvgIpc) is 2.16. The van der Waals surface area contributed by atoms with Crippen molar-refractivity contribution in [3.05, 3.63) is 36.0 Å². The fraction of sp³-hybridized carbons (Fsp3) is 0.333. The first-order valence-corrected chi connectivity index (χ1v) is 4.71. The topological polar surface area (TPSA) is 34.1 Å². The van der Waals surface area contributed by atoms with Crippen LogP contribution in [0, 0.1) is 11.3 Å². The molecule has 0 aromatic carbocycles. The van der Waals surface area contributed by atoms with E-state index in [4.69, 9.17) is 0 Å². The van der Waals surface area contributed by atoms with Crippen LogP contribution in [0.25, 0.3) is 0 Å². The molecule has 0 spiro atoms. The lowest BCUT2D eigenvalue weighted by molar-refractivity contribution is -0.120. The van der Waals surface area contributed by atoms with Crippen molar-refractivity contribution in [3.8, 4) is 0 Å². The number of hydrogen-bond donors (Lipinski definition) is 0. The highest BCUT2D eigenvalue weighted by atomic mass is 16.1. The van der Waals surface area contributed by atoms with E-state index in [-0.39, 0.29) is 22.9 Å². The first-order chi connectivity index (χ1) is 6.54. The SMILES string of the molecule is C[C@H]1C(=O)C=CC2=CC(=O)C=C[C@@]21C. The molecular formula is C12H12O2. The van der Waals surface area contributed by atoms with Crippen molar-refractivity contribution in [1.29, 1.82) is 0 Å². The first-order valence-electron chi connectivity index (χ1n) is 4.71. The van der Waals surface area contributed by atoms with Crippen molar-refractivity contribution in [2.45, 2.75) is 13.8 Å². The number of fused-ring (bicyclic) bond motifs is 1. The molecule has 2 heteroatoms. The largest absolute Gasteiger partial charge is 0.295 e.